The summed E-state index contributed by atoms with van der Waals surface area (Å²) in [5.41, 5.74) is 2.23. The number of pyridine rings is 1. The minimum atomic E-state index is -0.582. The van der Waals surface area contributed by atoms with Gasteiger partial charge in [0.15, 0.2) is 0 Å². The van der Waals surface area contributed by atoms with Gasteiger partial charge in [-0.05, 0) is 41.5 Å². The van der Waals surface area contributed by atoms with Crippen molar-refractivity contribution in [3.63, 3.8) is 0 Å². The maximum Gasteiger partial charge on any atom is 0.254 e. The van der Waals surface area contributed by atoms with E-state index in [1.807, 2.05) is 24.3 Å². The number of nitrogens with one attached hydrogen (secondary N) is 1. The van der Waals surface area contributed by atoms with Gasteiger partial charge in [-0.25, -0.2) is 4.39 Å². The summed E-state index contributed by atoms with van der Waals surface area (Å²) < 4.78 is 15.7. The molecule has 0 saturated carbocycles. The Morgan fingerprint density at radius 2 is 1.92 bits per heavy atom. The Labute approximate surface area is 155 Å². The Hall–Kier alpha value is -2.92. The highest BCUT2D eigenvalue weighted by atomic mass is 35.5. The molecule has 0 aliphatic rings. The first-order chi connectivity index (χ1) is 12.6. The summed E-state index contributed by atoms with van der Waals surface area (Å²) in [6, 6.07) is 17.0. The van der Waals surface area contributed by atoms with Crippen LogP contribution in [0, 0.1) is 5.82 Å². The Kier molecular flexibility index (Phi) is 5.49. The molecule has 4 nitrogen and oxygen atoms in total. The molecular weight excluding hydrogens is 355 g/mol. The molecule has 132 valence electrons. The van der Waals surface area contributed by atoms with Crippen molar-refractivity contribution in [1.29, 1.82) is 0 Å². The summed E-state index contributed by atoms with van der Waals surface area (Å²) in [6.07, 6.45) is 1.72. The normalized spacial score (nSPS) is 10.4. The maximum absolute atomic E-state index is 14.2. The lowest BCUT2D eigenvalue weighted by Gasteiger charge is -2.08. The first-order valence-electron chi connectivity index (χ1n) is 7.96. The molecule has 0 atom stereocenters. The highest BCUT2D eigenvalue weighted by molar-refractivity contribution is 6.30. The predicted molar refractivity (Wildman–Crippen MR) is 97.2 cm³/mol. The van der Waals surface area contributed by atoms with Gasteiger partial charge in [0.25, 0.3) is 11.6 Å². The van der Waals surface area contributed by atoms with Gasteiger partial charge >= 0.3 is 0 Å². The fraction of sp³-hybridized carbons (Fsp3) is 0.100. The molecule has 2 aromatic carbocycles. The van der Waals surface area contributed by atoms with Crippen molar-refractivity contribution in [2.24, 2.45) is 0 Å². The minimum absolute atomic E-state index is 0.0256. The Balaban J connectivity index is 1.82. The Morgan fingerprint density at radius 3 is 2.69 bits per heavy atom. The molecule has 0 saturated heterocycles. The van der Waals surface area contributed by atoms with E-state index >= 15 is 0 Å². The number of amides is 1. The number of carbonyl (C=O) groups excluding carboxylic acids is 1. The lowest BCUT2D eigenvalue weighted by atomic mass is 10.0. The highest BCUT2D eigenvalue weighted by Crippen LogP contribution is 2.24. The molecule has 1 aromatic heterocycles. The molecule has 0 unspecified atom stereocenters. The third kappa shape index (κ3) is 4.00. The molecule has 1 heterocycles. The standard InChI is InChI=1S/C20H16ClFN2O2/c1-26-24-10-3-2-7-17(24)13-23-20(25)18-12-15(8-9-19(18)22)14-5-4-6-16(21)11-14/h2-12H,13H2,1H3/p+1. The second-order valence-electron chi connectivity index (χ2n) is 5.59. The fourth-order valence-electron chi connectivity index (χ4n) is 2.59. The average molecular weight is 372 g/mol. The predicted octanol–water partition coefficient (Wildman–Crippen LogP) is 3.42. The molecular formula is C20H17ClFN2O2+. The van der Waals surface area contributed by atoms with Crippen molar-refractivity contribution in [3.8, 4) is 11.1 Å². The van der Waals surface area contributed by atoms with Crippen molar-refractivity contribution in [2.45, 2.75) is 6.54 Å². The summed E-state index contributed by atoms with van der Waals surface area (Å²) in [5.74, 6) is -1.08. The van der Waals surface area contributed by atoms with Crippen molar-refractivity contribution < 1.29 is 18.8 Å². The number of halogens is 2. The van der Waals surface area contributed by atoms with E-state index in [0.717, 1.165) is 11.3 Å². The zero-order valence-electron chi connectivity index (χ0n) is 14.1. The third-order valence-corrected chi connectivity index (χ3v) is 4.14. The smallest absolute Gasteiger partial charge is 0.254 e. The molecule has 0 aliphatic heterocycles. The van der Waals surface area contributed by atoms with Crippen LogP contribution in [-0.4, -0.2) is 13.0 Å². The van der Waals surface area contributed by atoms with Crippen molar-refractivity contribution in [1.82, 2.24) is 5.32 Å². The van der Waals surface area contributed by atoms with E-state index in [1.165, 1.54) is 24.0 Å². The number of benzene rings is 2. The van der Waals surface area contributed by atoms with Gasteiger partial charge in [0, 0.05) is 21.9 Å². The summed E-state index contributed by atoms with van der Waals surface area (Å²) in [6.45, 7) is 0.203. The van der Waals surface area contributed by atoms with E-state index in [9.17, 15) is 9.18 Å². The van der Waals surface area contributed by atoms with Gasteiger partial charge < -0.3 is 5.32 Å². The molecule has 0 fully saturated rings. The van der Waals surface area contributed by atoms with Crippen LogP contribution in [-0.2, 0) is 6.54 Å². The van der Waals surface area contributed by atoms with Crippen LogP contribution in [0.15, 0.2) is 66.9 Å². The summed E-state index contributed by atoms with van der Waals surface area (Å²) in [4.78, 5) is 17.6. The van der Waals surface area contributed by atoms with Gasteiger partial charge in [-0.15, -0.1) is 0 Å². The number of aromatic nitrogens is 1. The molecule has 0 radical (unpaired) electrons. The van der Waals surface area contributed by atoms with Crippen LogP contribution in [0.2, 0.25) is 5.02 Å². The molecule has 1 amide bonds. The van der Waals surface area contributed by atoms with Crippen molar-refractivity contribution in [2.75, 3.05) is 7.11 Å². The second kappa shape index (κ2) is 7.97. The van der Waals surface area contributed by atoms with Crippen LogP contribution < -0.4 is 14.9 Å². The Morgan fingerprint density at radius 1 is 1.12 bits per heavy atom. The molecule has 0 spiro atoms. The summed E-state index contributed by atoms with van der Waals surface area (Å²) in [5, 5.41) is 3.29. The molecule has 0 aliphatic carbocycles. The molecule has 26 heavy (non-hydrogen) atoms. The zero-order chi connectivity index (χ0) is 18.5. The van der Waals surface area contributed by atoms with Gasteiger partial charge in [-0.1, -0.05) is 29.8 Å². The van der Waals surface area contributed by atoms with Crippen molar-refractivity contribution >= 4 is 17.5 Å². The minimum Gasteiger partial charge on any atom is -0.342 e. The van der Waals surface area contributed by atoms with Crippen LogP contribution in [0.4, 0.5) is 4.39 Å². The molecule has 3 rings (SSSR count). The zero-order valence-corrected chi connectivity index (χ0v) is 14.8. The van der Waals surface area contributed by atoms with Crippen LogP contribution in [0.1, 0.15) is 16.1 Å². The second-order valence-corrected chi connectivity index (χ2v) is 6.02. The number of hydrogen-bond donors (Lipinski definition) is 1. The maximum atomic E-state index is 14.2. The summed E-state index contributed by atoms with van der Waals surface area (Å²) >= 11 is 6.01. The van der Waals surface area contributed by atoms with E-state index in [0.29, 0.717) is 10.6 Å². The fourth-order valence-corrected chi connectivity index (χ4v) is 2.78. The topological polar surface area (TPSA) is 42.2 Å². The van der Waals surface area contributed by atoms with Gasteiger partial charge in [0.1, 0.15) is 19.5 Å². The third-order valence-electron chi connectivity index (χ3n) is 3.90. The van der Waals surface area contributed by atoms with E-state index < -0.39 is 11.7 Å². The van der Waals surface area contributed by atoms with E-state index in [4.69, 9.17) is 16.4 Å². The molecule has 0 bridgehead atoms. The van der Waals surface area contributed by atoms with E-state index in [-0.39, 0.29) is 12.1 Å². The van der Waals surface area contributed by atoms with Gasteiger partial charge in [0.2, 0.25) is 6.20 Å². The number of carbonyl (C=O) groups is 1. The van der Waals surface area contributed by atoms with Gasteiger partial charge in [0.05, 0.1) is 5.56 Å². The molecule has 1 N–H and O–H groups in total. The van der Waals surface area contributed by atoms with E-state index in [2.05, 4.69) is 5.32 Å². The van der Waals surface area contributed by atoms with Gasteiger partial charge in [-0.2, -0.15) is 0 Å². The molecule has 6 heteroatoms. The quantitative estimate of drug-likeness (QED) is 0.698. The Bertz CT molecular complexity index is 947. The average Bonchev–Trinajstić information content (AvgIpc) is 2.66. The first kappa shape index (κ1) is 17.9. The van der Waals surface area contributed by atoms with Gasteiger partial charge in [-0.3, -0.25) is 9.63 Å². The number of rotatable bonds is 5. The lowest BCUT2D eigenvalue weighted by Crippen LogP contribution is -2.45. The van der Waals surface area contributed by atoms with Crippen LogP contribution >= 0.6 is 11.6 Å². The monoisotopic (exact) mass is 371 g/mol. The lowest BCUT2D eigenvalue weighted by molar-refractivity contribution is -0.890. The largest absolute Gasteiger partial charge is 0.342 e. The number of nitrogens with zero attached hydrogens (tertiary/aromatic N) is 1. The first-order valence-corrected chi connectivity index (χ1v) is 8.34. The van der Waals surface area contributed by atoms with Crippen LogP contribution in [0.25, 0.3) is 11.1 Å². The number of hydrogen-bond acceptors (Lipinski definition) is 2. The molecule has 3 aromatic rings. The van der Waals surface area contributed by atoms with Crippen molar-refractivity contribution in [3.05, 3.63) is 89.0 Å². The van der Waals surface area contributed by atoms with Crippen LogP contribution in [0.3, 0.4) is 0 Å². The highest BCUT2D eigenvalue weighted by Gasteiger charge is 2.16. The van der Waals surface area contributed by atoms with Crippen LogP contribution in [0.5, 0.6) is 0 Å². The van der Waals surface area contributed by atoms with E-state index in [1.54, 1.807) is 30.5 Å². The summed E-state index contributed by atoms with van der Waals surface area (Å²) in [7, 11) is 1.53. The SMILES string of the molecule is CO[n+]1ccccc1CNC(=O)c1cc(-c2cccc(Cl)c2)ccc1F.